The molecular formula is C9H16N2O2S. The second-order valence-electron chi connectivity index (χ2n) is 4.09. The van der Waals surface area contributed by atoms with Gasteiger partial charge in [-0.2, -0.15) is 0 Å². The standard InChI is InChI=1S/C9H16N2O2S/c10-7-5-11(6-7)9(12)3-4-14(13)8-1-2-8/h7-8H,1-6,10H2. The number of carbonyl (C=O) groups is 1. The molecule has 0 radical (unpaired) electrons. The van der Waals surface area contributed by atoms with Gasteiger partial charge >= 0.3 is 0 Å². The van der Waals surface area contributed by atoms with E-state index in [1.165, 1.54) is 0 Å². The summed E-state index contributed by atoms with van der Waals surface area (Å²) in [6.07, 6.45) is 2.58. The predicted molar refractivity (Wildman–Crippen MR) is 55.2 cm³/mol. The van der Waals surface area contributed by atoms with E-state index in [4.69, 9.17) is 5.73 Å². The SMILES string of the molecule is NC1CN(C(=O)CCS(=O)C2CC2)C1. The minimum atomic E-state index is -0.763. The van der Waals surface area contributed by atoms with Gasteiger partial charge in [-0.3, -0.25) is 9.00 Å². The Hall–Kier alpha value is -0.420. The molecule has 1 aliphatic carbocycles. The molecular weight excluding hydrogens is 200 g/mol. The van der Waals surface area contributed by atoms with Gasteiger partial charge in [0.1, 0.15) is 0 Å². The number of amides is 1. The van der Waals surface area contributed by atoms with Crippen LogP contribution < -0.4 is 5.73 Å². The Morgan fingerprint density at radius 1 is 1.43 bits per heavy atom. The Bertz CT molecular complexity index is 260. The van der Waals surface area contributed by atoms with Gasteiger partial charge in [-0.25, -0.2) is 0 Å². The maximum atomic E-state index is 11.5. The van der Waals surface area contributed by atoms with Crippen molar-refractivity contribution in [2.75, 3.05) is 18.8 Å². The number of rotatable bonds is 4. The molecule has 1 amide bonds. The Balaban J connectivity index is 1.65. The molecule has 14 heavy (non-hydrogen) atoms. The van der Waals surface area contributed by atoms with Gasteiger partial charge in [-0.15, -0.1) is 0 Å². The van der Waals surface area contributed by atoms with Crippen LogP contribution in [0, 0.1) is 0 Å². The summed E-state index contributed by atoms with van der Waals surface area (Å²) in [6.45, 7) is 1.35. The number of hydrogen-bond acceptors (Lipinski definition) is 3. The van der Waals surface area contributed by atoms with Crippen LogP contribution in [0.5, 0.6) is 0 Å². The molecule has 1 atom stereocenters. The van der Waals surface area contributed by atoms with Crippen LogP contribution in [0.2, 0.25) is 0 Å². The van der Waals surface area contributed by atoms with Crippen molar-refractivity contribution in [3.05, 3.63) is 0 Å². The minimum absolute atomic E-state index is 0.112. The zero-order valence-electron chi connectivity index (χ0n) is 8.15. The minimum Gasteiger partial charge on any atom is -0.339 e. The highest BCUT2D eigenvalue weighted by atomic mass is 32.2. The van der Waals surface area contributed by atoms with Crippen molar-refractivity contribution in [3.8, 4) is 0 Å². The van der Waals surface area contributed by atoms with E-state index in [1.54, 1.807) is 4.90 Å². The Labute approximate surface area is 86.3 Å². The molecule has 0 bridgehead atoms. The molecule has 0 aromatic heterocycles. The molecule has 2 fully saturated rings. The fraction of sp³-hybridized carbons (Fsp3) is 0.889. The van der Waals surface area contributed by atoms with Crippen molar-refractivity contribution < 1.29 is 9.00 Å². The van der Waals surface area contributed by atoms with Gasteiger partial charge in [0.15, 0.2) is 0 Å². The monoisotopic (exact) mass is 216 g/mol. The first-order chi connectivity index (χ1) is 6.66. The molecule has 1 saturated heterocycles. The van der Waals surface area contributed by atoms with E-state index in [0.29, 0.717) is 30.5 Å². The zero-order valence-corrected chi connectivity index (χ0v) is 8.96. The Kier molecular flexibility index (Phi) is 2.88. The molecule has 2 aliphatic rings. The second-order valence-corrected chi connectivity index (χ2v) is 5.93. The lowest BCUT2D eigenvalue weighted by Gasteiger charge is -2.36. The number of likely N-dealkylation sites (tertiary alicyclic amines) is 1. The van der Waals surface area contributed by atoms with E-state index in [2.05, 4.69) is 0 Å². The number of nitrogens with two attached hydrogens (primary N) is 1. The van der Waals surface area contributed by atoms with Gasteiger partial charge in [-0.05, 0) is 12.8 Å². The Morgan fingerprint density at radius 2 is 2.07 bits per heavy atom. The third-order valence-corrected chi connectivity index (χ3v) is 4.50. The topological polar surface area (TPSA) is 63.4 Å². The fourth-order valence-corrected chi connectivity index (χ4v) is 2.93. The molecule has 1 aliphatic heterocycles. The van der Waals surface area contributed by atoms with E-state index in [0.717, 1.165) is 12.8 Å². The van der Waals surface area contributed by atoms with Gasteiger partial charge in [0.2, 0.25) is 5.91 Å². The van der Waals surface area contributed by atoms with Gasteiger partial charge in [-0.1, -0.05) is 0 Å². The molecule has 0 aromatic carbocycles. The van der Waals surface area contributed by atoms with Crippen LogP contribution in [-0.2, 0) is 15.6 Å². The van der Waals surface area contributed by atoms with Crippen molar-refractivity contribution in [3.63, 3.8) is 0 Å². The van der Waals surface area contributed by atoms with Crippen molar-refractivity contribution >= 4 is 16.7 Å². The molecule has 4 nitrogen and oxygen atoms in total. The smallest absolute Gasteiger partial charge is 0.223 e. The van der Waals surface area contributed by atoms with Gasteiger partial charge in [0.05, 0.1) is 0 Å². The van der Waals surface area contributed by atoms with Crippen molar-refractivity contribution in [2.24, 2.45) is 5.73 Å². The lowest BCUT2D eigenvalue weighted by molar-refractivity contribution is -0.134. The summed E-state index contributed by atoms with van der Waals surface area (Å²) in [5.74, 6) is 0.649. The molecule has 5 heteroatoms. The van der Waals surface area contributed by atoms with Crippen LogP contribution in [0.25, 0.3) is 0 Å². The number of nitrogens with zero attached hydrogens (tertiary/aromatic N) is 1. The summed E-state index contributed by atoms with van der Waals surface area (Å²) in [5, 5.41) is 0.390. The van der Waals surface area contributed by atoms with Crippen LogP contribution in [0.15, 0.2) is 0 Å². The summed E-state index contributed by atoms with van der Waals surface area (Å²) in [6, 6.07) is 0.160. The summed E-state index contributed by atoms with van der Waals surface area (Å²) < 4.78 is 11.4. The fourth-order valence-electron chi connectivity index (χ4n) is 1.56. The first-order valence-electron chi connectivity index (χ1n) is 5.07. The van der Waals surface area contributed by atoms with Crippen molar-refractivity contribution in [1.82, 2.24) is 4.90 Å². The second kappa shape index (κ2) is 3.98. The lowest BCUT2D eigenvalue weighted by atomic mass is 10.1. The average molecular weight is 216 g/mol. The zero-order chi connectivity index (χ0) is 10.1. The highest BCUT2D eigenvalue weighted by Crippen LogP contribution is 2.26. The predicted octanol–water partition coefficient (Wildman–Crippen LogP) is -0.543. The van der Waals surface area contributed by atoms with Crippen molar-refractivity contribution in [1.29, 1.82) is 0 Å². The highest BCUT2D eigenvalue weighted by molar-refractivity contribution is 7.85. The first-order valence-corrected chi connectivity index (χ1v) is 6.45. The van der Waals surface area contributed by atoms with Crippen LogP contribution in [0.3, 0.4) is 0 Å². The third kappa shape index (κ3) is 2.33. The molecule has 2 rings (SSSR count). The number of hydrogen-bond donors (Lipinski definition) is 1. The quantitative estimate of drug-likeness (QED) is 0.686. The van der Waals surface area contributed by atoms with E-state index in [1.807, 2.05) is 0 Å². The van der Waals surface area contributed by atoms with Crippen LogP contribution in [0.1, 0.15) is 19.3 Å². The molecule has 0 spiro atoms. The largest absolute Gasteiger partial charge is 0.339 e. The van der Waals surface area contributed by atoms with Gasteiger partial charge in [0.25, 0.3) is 0 Å². The molecule has 1 unspecified atom stereocenters. The summed E-state index contributed by atoms with van der Waals surface area (Å²) in [4.78, 5) is 13.2. The lowest BCUT2D eigenvalue weighted by Crippen LogP contribution is -2.57. The summed E-state index contributed by atoms with van der Waals surface area (Å²) >= 11 is 0. The van der Waals surface area contributed by atoms with E-state index >= 15 is 0 Å². The average Bonchev–Trinajstić information content (AvgIpc) is 2.91. The van der Waals surface area contributed by atoms with Crippen LogP contribution in [-0.4, -0.2) is 45.2 Å². The molecule has 1 saturated carbocycles. The molecule has 80 valence electrons. The van der Waals surface area contributed by atoms with Gasteiger partial charge in [0, 0.05) is 47.4 Å². The van der Waals surface area contributed by atoms with E-state index in [-0.39, 0.29) is 11.9 Å². The summed E-state index contributed by atoms with van der Waals surface area (Å²) in [5.41, 5.74) is 5.57. The first kappa shape index (κ1) is 10.1. The van der Waals surface area contributed by atoms with Crippen molar-refractivity contribution in [2.45, 2.75) is 30.6 Å². The van der Waals surface area contributed by atoms with E-state index in [9.17, 15) is 9.00 Å². The van der Waals surface area contributed by atoms with Crippen LogP contribution in [0.4, 0.5) is 0 Å². The Morgan fingerprint density at radius 3 is 2.57 bits per heavy atom. The maximum absolute atomic E-state index is 11.5. The van der Waals surface area contributed by atoms with Crippen LogP contribution >= 0.6 is 0 Å². The number of carbonyl (C=O) groups excluding carboxylic acids is 1. The van der Waals surface area contributed by atoms with E-state index < -0.39 is 10.8 Å². The highest BCUT2D eigenvalue weighted by Gasteiger charge is 2.30. The maximum Gasteiger partial charge on any atom is 0.223 e. The summed E-state index contributed by atoms with van der Waals surface area (Å²) in [7, 11) is -0.763. The van der Waals surface area contributed by atoms with Gasteiger partial charge < -0.3 is 10.6 Å². The molecule has 0 aromatic rings. The normalized spacial score (nSPS) is 24.5. The third-order valence-electron chi connectivity index (χ3n) is 2.68. The molecule has 2 N–H and O–H groups in total. The molecule has 1 heterocycles.